The molecule has 0 spiro atoms. The number of nitrogens with zero attached hydrogens (tertiary/aromatic N) is 4. The van der Waals surface area contributed by atoms with Crippen LogP contribution in [0.25, 0.3) is 0 Å². The number of rotatable bonds is 15. The van der Waals surface area contributed by atoms with Crippen LogP contribution in [0.4, 0.5) is 5.82 Å². The van der Waals surface area contributed by atoms with Crippen LogP contribution < -0.4 is 30.6 Å². The Labute approximate surface area is 249 Å². The van der Waals surface area contributed by atoms with E-state index in [1.54, 1.807) is 31.0 Å². The predicted molar refractivity (Wildman–Crippen MR) is 161 cm³/mol. The predicted octanol–water partition coefficient (Wildman–Crippen LogP) is 3.36. The zero-order valence-corrected chi connectivity index (χ0v) is 24.5. The Morgan fingerprint density at radius 1 is 0.884 bits per heavy atom. The van der Waals surface area contributed by atoms with Gasteiger partial charge in [0.05, 0.1) is 0 Å². The second-order valence-electron chi connectivity index (χ2n) is 10.3. The molecule has 11 heteroatoms. The van der Waals surface area contributed by atoms with Crippen molar-refractivity contribution in [1.29, 1.82) is 0 Å². The topological polar surface area (TPSA) is 125 Å². The highest BCUT2D eigenvalue weighted by Gasteiger charge is 2.34. The number of benzene rings is 3. The van der Waals surface area contributed by atoms with Gasteiger partial charge in [-0.05, 0) is 53.4 Å². The lowest BCUT2D eigenvalue weighted by molar-refractivity contribution is -0.154. The molecule has 0 saturated heterocycles. The highest BCUT2D eigenvalue weighted by atomic mass is 16.7. The first-order valence-corrected chi connectivity index (χ1v) is 14.0. The van der Waals surface area contributed by atoms with Gasteiger partial charge in [0.2, 0.25) is 11.4 Å². The first kappa shape index (κ1) is 30.9. The second kappa shape index (κ2) is 14.2. The zero-order valence-electron chi connectivity index (χ0n) is 24.5. The van der Waals surface area contributed by atoms with E-state index in [2.05, 4.69) is 5.10 Å². The third-order valence-corrected chi connectivity index (χ3v) is 6.84. The Hall–Kier alpha value is -5.06. The van der Waals surface area contributed by atoms with Crippen molar-refractivity contribution in [2.75, 3.05) is 18.5 Å². The number of hydrogen-bond donors (Lipinski definition) is 1. The summed E-state index contributed by atoms with van der Waals surface area (Å²) in [7, 11) is 1.69. The molecule has 0 fully saturated rings. The number of anilines is 1. The smallest absolute Gasteiger partial charge is 0.415 e. The van der Waals surface area contributed by atoms with Crippen molar-refractivity contribution < 1.29 is 24.3 Å². The fraction of sp³-hybridized carbons (Fsp3) is 0.312. The van der Waals surface area contributed by atoms with E-state index in [0.29, 0.717) is 36.3 Å². The second-order valence-corrected chi connectivity index (χ2v) is 10.3. The summed E-state index contributed by atoms with van der Waals surface area (Å²) in [4.78, 5) is 52.0. The minimum atomic E-state index is -1.31. The van der Waals surface area contributed by atoms with Crippen molar-refractivity contribution >= 4 is 11.8 Å². The molecule has 1 aromatic heterocycles. The van der Waals surface area contributed by atoms with E-state index in [1.165, 1.54) is 0 Å². The summed E-state index contributed by atoms with van der Waals surface area (Å²) in [5.74, 6) is -0.587. The normalized spacial score (nSPS) is 12.3. The van der Waals surface area contributed by atoms with Crippen molar-refractivity contribution in [3.8, 4) is 5.75 Å². The fourth-order valence-electron chi connectivity index (χ4n) is 4.35. The molecule has 0 radical (unpaired) electrons. The molecular formula is C32H36N4O7. The van der Waals surface area contributed by atoms with E-state index in [0.717, 1.165) is 21.5 Å². The molecule has 3 aromatic carbocycles. The van der Waals surface area contributed by atoms with E-state index < -0.39 is 22.8 Å². The number of carboxylic acid groups (broad SMARTS) is 1. The van der Waals surface area contributed by atoms with E-state index in [-0.39, 0.29) is 19.0 Å². The van der Waals surface area contributed by atoms with Gasteiger partial charge in [0, 0.05) is 13.6 Å². The van der Waals surface area contributed by atoms with E-state index >= 15 is 0 Å². The quantitative estimate of drug-likeness (QED) is 0.223. The van der Waals surface area contributed by atoms with Gasteiger partial charge in [-0.1, -0.05) is 90.9 Å². The first-order chi connectivity index (χ1) is 20.7. The van der Waals surface area contributed by atoms with Crippen LogP contribution in [-0.4, -0.2) is 44.9 Å². The van der Waals surface area contributed by atoms with Crippen LogP contribution >= 0.6 is 0 Å². The molecule has 0 aliphatic heterocycles. The molecule has 43 heavy (non-hydrogen) atoms. The van der Waals surface area contributed by atoms with Crippen molar-refractivity contribution in [3.05, 3.63) is 122 Å². The lowest BCUT2D eigenvalue weighted by atomic mass is 10.0. The van der Waals surface area contributed by atoms with E-state index in [1.807, 2.05) is 79.7 Å². The SMILES string of the molecule is CCCC(C)(Oc1ccc(CCN(C)c2nn(OCc3ccccc3)c(=O)n(OCc3ccccc3)c2=O)cc1)C(=O)O. The van der Waals surface area contributed by atoms with Gasteiger partial charge in [0.1, 0.15) is 19.0 Å². The van der Waals surface area contributed by atoms with Crippen LogP contribution in [0.5, 0.6) is 5.75 Å². The van der Waals surface area contributed by atoms with Gasteiger partial charge >= 0.3 is 17.2 Å². The standard InChI is InChI=1S/C32H36N4O7/c1-4-20-32(2,30(38)39)43-27-17-15-24(16-18-27)19-21-34(3)28-29(37)35(41-22-25-11-7-5-8-12-25)31(40)36(33-28)42-23-26-13-9-6-10-14-26/h5-18H,4,19-23H2,1-3H3,(H,38,39). The summed E-state index contributed by atoms with van der Waals surface area (Å²) in [5, 5.41) is 13.8. The summed E-state index contributed by atoms with van der Waals surface area (Å²) in [6.45, 7) is 3.90. The highest BCUT2D eigenvalue weighted by molar-refractivity contribution is 5.77. The van der Waals surface area contributed by atoms with E-state index in [9.17, 15) is 19.5 Å². The molecule has 226 valence electrons. The Bertz CT molecular complexity index is 1610. The average Bonchev–Trinajstić information content (AvgIpc) is 3.01. The van der Waals surface area contributed by atoms with Crippen LogP contribution in [0.3, 0.4) is 0 Å². The third kappa shape index (κ3) is 8.03. The van der Waals surface area contributed by atoms with Crippen molar-refractivity contribution in [2.24, 2.45) is 0 Å². The van der Waals surface area contributed by atoms with Gasteiger partial charge in [-0.25, -0.2) is 9.59 Å². The minimum Gasteiger partial charge on any atom is -0.478 e. The number of aromatic nitrogens is 3. The molecule has 0 saturated carbocycles. The Balaban J connectivity index is 1.52. The van der Waals surface area contributed by atoms with E-state index in [4.69, 9.17) is 14.4 Å². The number of ether oxygens (including phenoxy) is 1. The fourth-order valence-corrected chi connectivity index (χ4v) is 4.35. The van der Waals surface area contributed by atoms with Crippen LogP contribution in [0, 0.1) is 0 Å². The molecule has 4 aromatic rings. The Morgan fingerprint density at radius 2 is 1.47 bits per heavy atom. The number of hydrogen-bond acceptors (Lipinski definition) is 8. The Kier molecular flexibility index (Phi) is 10.2. The molecular weight excluding hydrogens is 552 g/mol. The molecule has 0 aliphatic carbocycles. The summed E-state index contributed by atoms with van der Waals surface area (Å²) in [5.41, 5.74) is -0.350. The summed E-state index contributed by atoms with van der Waals surface area (Å²) < 4.78 is 6.46. The maximum absolute atomic E-state index is 13.4. The van der Waals surface area contributed by atoms with Gasteiger partial charge in [-0.2, -0.15) is 0 Å². The zero-order chi connectivity index (χ0) is 30.8. The molecule has 0 aliphatic rings. The molecule has 1 atom stereocenters. The third-order valence-electron chi connectivity index (χ3n) is 6.84. The summed E-state index contributed by atoms with van der Waals surface area (Å²) >= 11 is 0. The number of carbonyl (C=O) groups is 1. The van der Waals surface area contributed by atoms with Crippen LogP contribution in [0.15, 0.2) is 94.5 Å². The highest BCUT2D eigenvalue weighted by Crippen LogP contribution is 2.24. The number of aliphatic carboxylic acids is 1. The van der Waals surface area contributed by atoms with Gasteiger partial charge < -0.3 is 24.4 Å². The van der Waals surface area contributed by atoms with Gasteiger partial charge in [-0.15, -0.1) is 5.10 Å². The van der Waals surface area contributed by atoms with Gasteiger partial charge in [-0.3, -0.25) is 4.79 Å². The van der Waals surface area contributed by atoms with Gasteiger partial charge in [0.15, 0.2) is 0 Å². The summed E-state index contributed by atoms with van der Waals surface area (Å²) in [6.07, 6.45) is 1.58. The minimum absolute atomic E-state index is 0.00452. The van der Waals surface area contributed by atoms with Crippen LogP contribution in [-0.2, 0) is 24.4 Å². The molecule has 11 nitrogen and oxygen atoms in total. The molecule has 4 rings (SSSR count). The molecule has 1 heterocycles. The number of carboxylic acids is 1. The monoisotopic (exact) mass is 588 g/mol. The van der Waals surface area contributed by atoms with Crippen molar-refractivity contribution in [1.82, 2.24) is 14.7 Å². The number of likely N-dealkylation sites (N-methyl/N-ethyl adjacent to an activating group) is 1. The van der Waals surface area contributed by atoms with Crippen LogP contribution in [0.2, 0.25) is 0 Å². The van der Waals surface area contributed by atoms with Crippen LogP contribution in [0.1, 0.15) is 43.4 Å². The molecule has 0 amide bonds. The lowest BCUT2D eigenvalue weighted by Gasteiger charge is -2.26. The molecule has 0 bridgehead atoms. The van der Waals surface area contributed by atoms with Crippen molar-refractivity contribution in [3.63, 3.8) is 0 Å². The average molecular weight is 589 g/mol. The van der Waals surface area contributed by atoms with Gasteiger partial charge in [0.25, 0.3) is 0 Å². The summed E-state index contributed by atoms with van der Waals surface area (Å²) in [6, 6.07) is 25.6. The van der Waals surface area contributed by atoms with Crippen molar-refractivity contribution in [2.45, 2.75) is 51.9 Å². The lowest BCUT2D eigenvalue weighted by Crippen LogP contribution is -2.49. The Morgan fingerprint density at radius 3 is 2.02 bits per heavy atom. The first-order valence-electron chi connectivity index (χ1n) is 14.0. The maximum atomic E-state index is 13.4. The molecule has 1 unspecified atom stereocenters. The molecule has 1 N–H and O–H groups in total. The largest absolute Gasteiger partial charge is 0.478 e. The maximum Gasteiger partial charge on any atom is 0.415 e.